The normalized spacial score (nSPS) is 12.7. The smallest absolute Gasteiger partial charge is 0.466 e. The number of benzene rings is 1. The van der Waals surface area contributed by atoms with Gasteiger partial charge in [0.05, 0.1) is 31.5 Å². The van der Waals surface area contributed by atoms with Gasteiger partial charge < -0.3 is 19.5 Å². The summed E-state index contributed by atoms with van der Waals surface area (Å²) in [4.78, 5) is 22.8. The summed E-state index contributed by atoms with van der Waals surface area (Å²) >= 11 is 1.30. The first kappa shape index (κ1) is 29.0. The fourth-order valence-corrected chi connectivity index (χ4v) is 3.14. The van der Waals surface area contributed by atoms with Gasteiger partial charge in [0.2, 0.25) is 0 Å². The Morgan fingerprint density at radius 1 is 1.03 bits per heavy atom. The molecular formula is C22H31F3N2O5S. The van der Waals surface area contributed by atoms with Gasteiger partial charge in [-0.2, -0.15) is 13.2 Å². The van der Waals surface area contributed by atoms with Gasteiger partial charge in [0.1, 0.15) is 0 Å². The summed E-state index contributed by atoms with van der Waals surface area (Å²) in [5.41, 5.74) is -0.854. The van der Waals surface area contributed by atoms with Crippen LogP contribution in [0, 0.1) is 0 Å². The SMILES string of the molecule is COC(=O)/C=C/COC(C)(C)CCOC(C)(C)CNSc1ccc(NC(=O)C(F)(F)F)cc1. The third-order valence-corrected chi connectivity index (χ3v) is 5.08. The highest BCUT2D eigenvalue weighted by molar-refractivity contribution is 7.97. The van der Waals surface area contributed by atoms with E-state index in [2.05, 4.69) is 9.46 Å². The van der Waals surface area contributed by atoms with Gasteiger partial charge in [-0.15, -0.1) is 0 Å². The number of anilines is 1. The van der Waals surface area contributed by atoms with Gasteiger partial charge in [0.25, 0.3) is 0 Å². The van der Waals surface area contributed by atoms with Crippen LogP contribution >= 0.6 is 11.9 Å². The van der Waals surface area contributed by atoms with Crippen molar-refractivity contribution in [3.63, 3.8) is 0 Å². The average molecular weight is 493 g/mol. The molecule has 1 amide bonds. The Labute approximate surface area is 196 Å². The van der Waals surface area contributed by atoms with Gasteiger partial charge in [-0.3, -0.25) is 9.52 Å². The Balaban J connectivity index is 2.35. The molecule has 1 aromatic rings. The zero-order valence-electron chi connectivity index (χ0n) is 19.4. The molecule has 0 saturated heterocycles. The lowest BCUT2D eigenvalue weighted by molar-refractivity contribution is -0.167. The molecule has 0 unspecified atom stereocenters. The highest BCUT2D eigenvalue weighted by Gasteiger charge is 2.38. The van der Waals surface area contributed by atoms with E-state index in [0.29, 0.717) is 19.6 Å². The van der Waals surface area contributed by atoms with E-state index >= 15 is 0 Å². The summed E-state index contributed by atoms with van der Waals surface area (Å²) in [6, 6.07) is 6.01. The van der Waals surface area contributed by atoms with Crippen LogP contribution in [0.3, 0.4) is 0 Å². The van der Waals surface area contributed by atoms with Gasteiger partial charge in [-0.1, -0.05) is 6.08 Å². The summed E-state index contributed by atoms with van der Waals surface area (Å²) in [6.07, 6.45) is -1.38. The lowest BCUT2D eigenvalue weighted by Gasteiger charge is -2.29. The van der Waals surface area contributed by atoms with Gasteiger partial charge >= 0.3 is 18.1 Å². The number of nitrogens with one attached hydrogen (secondary N) is 2. The largest absolute Gasteiger partial charge is 0.471 e. The van der Waals surface area contributed by atoms with Crippen molar-refractivity contribution < 1.29 is 37.0 Å². The van der Waals surface area contributed by atoms with E-state index in [1.165, 1.54) is 37.3 Å². The Morgan fingerprint density at radius 2 is 1.67 bits per heavy atom. The predicted molar refractivity (Wildman–Crippen MR) is 121 cm³/mol. The number of esters is 1. The van der Waals surface area contributed by atoms with E-state index < -0.39 is 29.3 Å². The molecule has 0 radical (unpaired) electrons. The third-order valence-electron chi connectivity index (χ3n) is 4.28. The minimum atomic E-state index is -4.93. The van der Waals surface area contributed by atoms with E-state index in [1.807, 2.05) is 27.7 Å². The number of ether oxygens (including phenoxy) is 3. The molecule has 0 aromatic heterocycles. The van der Waals surface area contributed by atoms with Crippen molar-refractivity contribution in [2.24, 2.45) is 0 Å². The molecule has 7 nitrogen and oxygen atoms in total. The minimum Gasteiger partial charge on any atom is -0.466 e. The molecule has 1 rings (SSSR count). The Morgan fingerprint density at radius 3 is 2.24 bits per heavy atom. The predicted octanol–water partition coefficient (Wildman–Crippen LogP) is 4.49. The zero-order valence-corrected chi connectivity index (χ0v) is 20.2. The van der Waals surface area contributed by atoms with E-state index in [1.54, 1.807) is 23.5 Å². The second-order valence-electron chi connectivity index (χ2n) is 8.25. The second-order valence-corrected chi connectivity index (χ2v) is 9.22. The molecule has 0 atom stereocenters. The third kappa shape index (κ3) is 12.7. The van der Waals surface area contributed by atoms with Gasteiger partial charge in [0, 0.05) is 23.2 Å². The van der Waals surface area contributed by atoms with Crippen LogP contribution in [0.25, 0.3) is 0 Å². The maximum absolute atomic E-state index is 12.3. The van der Waals surface area contributed by atoms with Crippen molar-refractivity contribution in [2.75, 3.05) is 32.2 Å². The van der Waals surface area contributed by atoms with Crippen molar-refractivity contribution in [1.82, 2.24) is 4.72 Å². The molecule has 0 bridgehead atoms. The van der Waals surface area contributed by atoms with Crippen LogP contribution in [-0.4, -0.2) is 56.1 Å². The Hall–Kier alpha value is -2.08. The molecular weight excluding hydrogens is 461 g/mol. The van der Waals surface area contributed by atoms with Crippen molar-refractivity contribution in [3.8, 4) is 0 Å². The fraction of sp³-hybridized carbons (Fsp3) is 0.545. The Kier molecular flexibility index (Phi) is 11.4. The molecule has 2 N–H and O–H groups in total. The van der Waals surface area contributed by atoms with Crippen LogP contribution in [0.2, 0.25) is 0 Å². The summed E-state index contributed by atoms with van der Waals surface area (Å²) in [6.45, 7) is 8.98. The van der Waals surface area contributed by atoms with Crippen molar-refractivity contribution in [2.45, 2.75) is 56.4 Å². The minimum absolute atomic E-state index is 0.0657. The number of hydrogen-bond acceptors (Lipinski definition) is 7. The molecule has 11 heteroatoms. The molecule has 0 aliphatic carbocycles. The van der Waals surface area contributed by atoms with E-state index in [0.717, 1.165) is 4.90 Å². The summed E-state index contributed by atoms with van der Waals surface area (Å²) in [5, 5.41) is 1.80. The maximum atomic E-state index is 12.3. The standard InChI is InChI=1S/C22H31F3N2O5S/c1-20(2,31-13-6-7-18(28)30-5)12-14-32-21(3,4)15-26-33-17-10-8-16(9-11-17)27-19(29)22(23,24)25/h6-11,26H,12-15H2,1-5H3,(H,27,29)/b7-6+. The van der Waals surface area contributed by atoms with Crippen LogP contribution in [0.1, 0.15) is 34.1 Å². The van der Waals surface area contributed by atoms with Gasteiger partial charge in [-0.25, -0.2) is 4.79 Å². The molecule has 0 aliphatic heterocycles. The number of methoxy groups -OCH3 is 1. The number of rotatable bonds is 13. The first-order valence-electron chi connectivity index (χ1n) is 10.1. The van der Waals surface area contributed by atoms with Crippen molar-refractivity contribution in [3.05, 3.63) is 36.4 Å². The topological polar surface area (TPSA) is 85.9 Å². The quantitative estimate of drug-likeness (QED) is 0.238. The van der Waals surface area contributed by atoms with Gasteiger partial charge in [0.15, 0.2) is 0 Å². The maximum Gasteiger partial charge on any atom is 0.471 e. The fourth-order valence-electron chi connectivity index (χ4n) is 2.28. The second kappa shape index (κ2) is 13.0. The molecule has 0 saturated carbocycles. The molecule has 1 aromatic carbocycles. The first-order chi connectivity index (χ1) is 15.2. The number of carbonyl (C=O) groups is 2. The van der Waals surface area contributed by atoms with E-state index in [-0.39, 0.29) is 12.3 Å². The Bertz CT molecular complexity index is 796. The van der Waals surface area contributed by atoms with Crippen LogP contribution in [0.4, 0.5) is 18.9 Å². The van der Waals surface area contributed by atoms with Crippen LogP contribution < -0.4 is 10.0 Å². The lowest BCUT2D eigenvalue weighted by Crippen LogP contribution is -2.37. The number of hydrogen-bond donors (Lipinski definition) is 2. The average Bonchev–Trinajstić information content (AvgIpc) is 2.71. The number of amides is 1. The summed E-state index contributed by atoms with van der Waals surface area (Å²) in [7, 11) is 1.31. The van der Waals surface area contributed by atoms with Crippen molar-refractivity contribution >= 4 is 29.5 Å². The first-order valence-corrected chi connectivity index (χ1v) is 11.0. The highest BCUT2D eigenvalue weighted by Crippen LogP contribution is 2.22. The molecule has 0 heterocycles. The summed E-state index contributed by atoms with van der Waals surface area (Å²) in [5.74, 6) is -2.44. The number of halogens is 3. The van der Waals surface area contributed by atoms with Crippen LogP contribution in [-0.2, 0) is 23.8 Å². The molecule has 186 valence electrons. The van der Waals surface area contributed by atoms with E-state index in [9.17, 15) is 22.8 Å². The molecule has 0 spiro atoms. The van der Waals surface area contributed by atoms with Crippen LogP contribution in [0.15, 0.2) is 41.3 Å². The lowest BCUT2D eigenvalue weighted by atomic mass is 10.1. The molecule has 0 aliphatic rings. The zero-order chi connectivity index (χ0) is 25.1. The monoisotopic (exact) mass is 492 g/mol. The van der Waals surface area contributed by atoms with Gasteiger partial charge in [-0.05, 0) is 70.3 Å². The number of carbonyl (C=O) groups excluding carboxylic acids is 2. The number of alkyl halides is 3. The van der Waals surface area contributed by atoms with Crippen LogP contribution in [0.5, 0.6) is 0 Å². The highest BCUT2D eigenvalue weighted by atomic mass is 32.2. The molecule has 0 fully saturated rings. The van der Waals surface area contributed by atoms with E-state index in [4.69, 9.17) is 9.47 Å². The van der Waals surface area contributed by atoms with Crippen molar-refractivity contribution in [1.29, 1.82) is 0 Å². The molecule has 33 heavy (non-hydrogen) atoms. The summed E-state index contributed by atoms with van der Waals surface area (Å²) < 4.78 is 56.3.